The van der Waals surface area contributed by atoms with Crippen molar-refractivity contribution < 1.29 is 4.79 Å². The lowest BCUT2D eigenvalue weighted by Crippen LogP contribution is -2.35. The van der Waals surface area contributed by atoms with Crippen LogP contribution in [0.25, 0.3) is 0 Å². The highest BCUT2D eigenvalue weighted by Gasteiger charge is 2.39. The maximum atomic E-state index is 11.9. The van der Waals surface area contributed by atoms with E-state index in [2.05, 4.69) is 12.2 Å². The van der Waals surface area contributed by atoms with Crippen LogP contribution < -0.4 is 11.1 Å². The number of nitrogens with one attached hydrogen (secondary N) is 1. The zero-order valence-electron chi connectivity index (χ0n) is 9.21. The molecule has 0 radical (unpaired) electrons. The minimum absolute atomic E-state index is 0.0199. The molecule has 0 unspecified atom stereocenters. The van der Waals surface area contributed by atoms with Gasteiger partial charge in [-0.1, -0.05) is 0 Å². The Bertz CT molecular complexity index is 391. The van der Waals surface area contributed by atoms with Crippen molar-refractivity contribution >= 4 is 11.6 Å². The molecule has 1 aliphatic rings. The Morgan fingerprint density at radius 2 is 2.33 bits per heavy atom. The largest absolute Gasteiger partial charge is 0.397 e. The van der Waals surface area contributed by atoms with Crippen LogP contribution in [0, 0.1) is 0 Å². The van der Waals surface area contributed by atoms with Crippen LogP contribution in [0.15, 0.2) is 12.3 Å². The first-order chi connectivity index (χ1) is 7.04. The molecule has 4 nitrogen and oxygen atoms in total. The molecule has 0 atom stereocenters. The molecule has 0 aliphatic heterocycles. The van der Waals surface area contributed by atoms with Gasteiger partial charge in [-0.05, 0) is 32.8 Å². The summed E-state index contributed by atoms with van der Waals surface area (Å²) in [6.07, 6.45) is 3.94. The molecule has 1 amide bonds. The first-order valence-electron chi connectivity index (χ1n) is 5.32. The monoisotopic (exact) mass is 207 g/mol. The van der Waals surface area contributed by atoms with Crippen LogP contribution >= 0.6 is 0 Å². The highest BCUT2D eigenvalue weighted by Crippen LogP contribution is 2.34. The zero-order chi connectivity index (χ0) is 11.1. The van der Waals surface area contributed by atoms with Crippen LogP contribution in [-0.4, -0.2) is 16.0 Å². The second-order valence-electron chi connectivity index (χ2n) is 4.46. The number of nitrogen functional groups attached to an aromatic ring is 1. The van der Waals surface area contributed by atoms with Crippen molar-refractivity contribution in [3.8, 4) is 0 Å². The molecule has 15 heavy (non-hydrogen) atoms. The number of aryl methyl sites for hydroxylation is 1. The normalized spacial score (nSPS) is 17.5. The van der Waals surface area contributed by atoms with Crippen LogP contribution in [0.4, 0.5) is 5.69 Å². The SMILES string of the molecule is CCn1cc(N)cc1C(=O)NC1(C)CC1. The lowest BCUT2D eigenvalue weighted by atomic mass is 10.3. The van der Waals surface area contributed by atoms with Crippen molar-refractivity contribution in [2.75, 3.05) is 5.73 Å². The van der Waals surface area contributed by atoms with Gasteiger partial charge in [0.05, 0.1) is 5.69 Å². The average molecular weight is 207 g/mol. The summed E-state index contributed by atoms with van der Waals surface area (Å²) in [6.45, 7) is 4.82. The average Bonchev–Trinajstić information content (AvgIpc) is 2.77. The van der Waals surface area contributed by atoms with Crippen LogP contribution in [0.3, 0.4) is 0 Å². The molecule has 1 aromatic heterocycles. The molecule has 0 spiro atoms. The van der Waals surface area contributed by atoms with Crippen LogP contribution in [0.2, 0.25) is 0 Å². The van der Waals surface area contributed by atoms with Gasteiger partial charge < -0.3 is 15.6 Å². The summed E-state index contributed by atoms with van der Waals surface area (Å²) in [5.41, 5.74) is 6.99. The van der Waals surface area contributed by atoms with Crippen molar-refractivity contribution in [3.63, 3.8) is 0 Å². The molecule has 0 aromatic carbocycles. The summed E-state index contributed by atoms with van der Waals surface area (Å²) in [5, 5.41) is 3.02. The fourth-order valence-electron chi connectivity index (χ4n) is 1.64. The number of carbonyl (C=O) groups is 1. The van der Waals surface area contributed by atoms with Gasteiger partial charge >= 0.3 is 0 Å². The highest BCUT2D eigenvalue weighted by molar-refractivity contribution is 5.94. The van der Waals surface area contributed by atoms with Crippen molar-refractivity contribution in [1.29, 1.82) is 0 Å². The summed E-state index contributed by atoms with van der Waals surface area (Å²) in [5.74, 6) is -0.0199. The van der Waals surface area contributed by atoms with Crippen molar-refractivity contribution in [3.05, 3.63) is 18.0 Å². The summed E-state index contributed by atoms with van der Waals surface area (Å²) in [4.78, 5) is 11.9. The number of hydrogen-bond donors (Lipinski definition) is 2. The number of nitrogens with zero attached hydrogens (tertiary/aromatic N) is 1. The molecular weight excluding hydrogens is 190 g/mol. The maximum absolute atomic E-state index is 11.9. The molecule has 1 aliphatic carbocycles. The standard InChI is InChI=1S/C11H17N3O/c1-3-14-7-8(12)6-9(14)10(15)13-11(2)4-5-11/h6-7H,3-5,12H2,1-2H3,(H,13,15). The number of rotatable bonds is 3. The topological polar surface area (TPSA) is 60.0 Å². The molecule has 0 saturated heterocycles. The van der Waals surface area contributed by atoms with E-state index < -0.39 is 0 Å². The highest BCUT2D eigenvalue weighted by atomic mass is 16.2. The third-order valence-corrected chi connectivity index (χ3v) is 2.91. The Balaban J connectivity index is 2.16. The fraction of sp³-hybridized carbons (Fsp3) is 0.545. The fourth-order valence-corrected chi connectivity index (χ4v) is 1.64. The molecular formula is C11H17N3O. The minimum atomic E-state index is -0.0199. The summed E-state index contributed by atoms with van der Waals surface area (Å²) >= 11 is 0. The zero-order valence-corrected chi connectivity index (χ0v) is 9.21. The van der Waals surface area contributed by atoms with Crippen molar-refractivity contribution in [1.82, 2.24) is 9.88 Å². The number of nitrogens with two attached hydrogens (primary N) is 1. The summed E-state index contributed by atoms with van der Waals surface area (Å²) in [7, 11) is 0. The van der Waals surface area contributed by atoms with Gasteiger partial charge in [0.2, 0.25) is 0 Å². The van der Waals surface area contributed by atoms with Gasteiger partial charge in [0, 0.05) is 18.3 Å². The molecule has 1 aromatic rings. The second-order valence-corrected chi connectivity index (χ2v) is 4.46. The van der Waals surface area contributed by atoms with Crippen molar-refractivity contribution in [2.24, 2.45) is 0 Å². The first kappa shape index (κ1) is 10.1. The predicted molar refractivity (Wildman–Crippen MR) is 59.6 cm³/mol. The Morgan fingerprint density at radius 1 is 1.67 bits per heavy atom. The molecule has 82 valence electrons. The minimum Gasteiger partial charge on any atom is -0.397 e. The number of aromatic nitrogens is 1. The van der Waals surface area contributed by atoms with E-state index in [1.165, 1.54) is 0 Å². The van der Waals surface area contributed by atoms with E-state index in [1.54, 1.807) is 12.3 Å². The summed E-state index contributed by atoms with van der Waals surface area (Å²) < 4.78 is 1.87. The van der Waals surface area contributed by atoms with Gasteiger partial charge in [-0.2, -0.15) is 0 Å². The van der Waals surface area contributed by atoms with E-state index in [4.69, 9.17) is 5.73 Å². The van der Waals surface area contributed by atoms with E-state index in [9.17, 15) is 4.79 Å². The molecule has 0 bridgehead atoms. The Labute approximate surface area is 89.5 Å². The maximum Gasteiger partial charge on any atom is 0.268 e. The van der Waals surface area contributed by atoms with Crippen LogP contribution in [0.1, 0.15) is 37.2 Å². The van der Waals surface area contributed by atoms with Gasteiger partial charge in [-0.3, -0.25) is 4.79 Å². The van der Waals surface area contributed by atoms with E-state index in [-0.39, 0.29) is 11.4 Å². The van der Waals surface area contributed by atoms with Gasteiger partial charge in [0.25, 0.3) is 5.91 Å². The third kappa shape index (κ3) is 1.98. The second kappa shape index (κ2) is 3.29. The summed E-state index contributed by atoms with van der Waals surface area (Å²) in [6, 6.07) is 1.73. The molecule has 1 heterocycles. The number of anilines is 1. The molecule has 1 fully saturated rings. The smallest absolute Gasteiger partial charge is 0.268 e. The van der Waals surface area contributed by atoms with Crippen LogP contribution in [-0.2, 0) is 6.54 Å². The van der Waals surface area contributed by atoms with Crippen LogP contribution in [0.5, 0.6) is 0 Å². The van der Waals surface area contributed by atoms with Gasteiger partial charge in [-0.25, -0.2) is 0 Å². The van der Waals surface area contributed by atoms with Gasteiger partial charge in [0.1, 0.15) is 5.69 Å². The lowest BCUT2D eigenvalue weighted by molar-refractivity contribution is 0.0926. The number of hydrogen-bond acceptors (Lipinski definition) is 2. The van der Waals surface area contributed by atoms with E-state index in [0.717, 1.165) is 19.4 Å². The molecule has 3 N–H and O–H groups in total. The van der Waals surface area contributed by atoms with Crippen molar-refractivity contribution in [2.45, 2.75) is 38.8 Å². The van der Waals surface area contributed by atoms with Gasteiger partial charge in [-0.15, -0.1) is 0 Å². The van der Waals surface area contributed by atoms with E-state index >= 15 is 0 Å². The Hall–Kier alpha value is -1.45. The molecule has 2 rings (SSSR count). The lowest BCUT2D eigenvalue weighted by Gasteiger charge is -2.12. The van der Waals surface area contributed by atoms with E-state index in [0.29, 0.717) is 11.4 Å². The number of carbonyl (C=O) groups excluding carboxylic acids is 1. The quantitative estimate of drug-likeness (QED) is 0.786. The first-order valence-corrected chi connectivity index (χ1v) is 5.32. The predicted octanol–water partition coefficient (Wildman–Crippen LogP) is 1.37. The molecule has 4 heteroatoms. The third-order valence-electron chi connectivity index (χ3n) is 2.91. The number of amides is 1. The Morgan fingerprint density at radius 3 is 2.87 bits per heavy atom. The molecule has 1 saturated carbocycles. The Kier molecular flexibility index (Phi) is 2.21. The van der Waals surface area contributed by atoms with E-state index in [1.807, 2.05) is 11.5 Å². The van der Waals surface area contributed by atoms with Gasteiger partial charge in [0.15, 0.2) is 0 Å².